The van der Waals surface area contributed by atoms with Crippen molar-refractivity contribution in [3.05, 3.63) is 69.3 Å². The molecule has 0 radical (unpaired) electrons. The summed E-state index contributed by atoms with van der Waals surface area (Å²) in [5.74, 6) is 0.156. The zero-order valence-corrected chi connectivity index (χ0v) is 17.4. The Kier molecular flexibility index (Phi) is 6.49. The number of quaternary nitrogens is 1. The topological polar surface area (TPSA) is 71.1 Å². The Balaban J connectivity index is 1.49. The minimum atomic E-state index is -0.383. The number of nitro groups is 1. The monoisotopic (exact) mass is 397 g/mol. The van der Waals surface area contributed by atoms with Crippen molar-refractivity contribution in [2.45, 2.75) is 20.4 Å². The number of carbonyl (C=O) groups is 1. The molecular weight excluding hydrogens is 368 g/mol. The van der Waals surface area contributed by atoms with Gasteiger partial charge in [0.25, 0.3) is 11.6 Å². The van der Waals surface area contributed by atoms with Crippen molar-refractivity contribution in [3.8, 4) is 0 Å². The predicted molar refractivity (Wildman–Crippen MR) is 113 cm³/mol. The van der Waals surface area contributed by atoms with Gasteiger partial charge in [0.2, 0.25) is 0 Å². The van der Waals surface area contributed by atoms with E-state index in [1.54, 1.807) is 24.3 Å². The highest BCUT2D eigenvalue weighted by atomic mass is 16.6. The van der Waals surface area contributed by atoms with Crippen LogP contribution in [0.5, 0.6) is 0 Å². The average molecular weight is 397 g/mol. The number of hydrogen-bond acceptors (Lipinski definition) is 4. The van der Waals surface area contributed by atoms with Crippen LogP contribution in [0.4, 0.5) is 11.4 Å². The van der Waals surface area contributed by atoms with Crippen LogP contribution in [0.25, 0.3) is 0 Å². The minimum absolute atomic E-state index is 0.107. The van der Waals surface area contributed by atoms with Gasteiger partial charge in [-0.25, -0.2) is 0 Å². The number of nitro benzene ring substituents is 1. The predicted octanol–water partition coefficient (Wildman–Crippen LogP) is 1.58. The maximum absolute atomic E-state index is 12.7. The molecule has 1 aliphatic heterocycles. The zero-order valence-electron chi connectivity index (χ0n) is 17.4. The summed E-state index contributed by atoms with van der Waals surface area (Å²) in [4.78, 5) is 28.4. The molecule has 2 aromatic rings. The van der Waals surface area contributed by atoms with E-state index in [2.05, 4.69) is 36.9 Å². The molecule has 7 heteroatoms. The van der Waals surface area contributed by atoms with Crippen LogP contribution in [0.2, 0.25) is 0 Å². The second-order valence-electron chi connectivity index (χ2n) is 7.87. The number of anilines is 1. The highest BCUT2D eigenvalue weighted by molar-refractivity contribution is 5.76. The first-order valence-corrected chi connectivity index (χ1v) is 9.96. The van der Waals surface area contributed by atoms with Crippen molar-refractivity contribution in [2.75, 3.05) is 44.7 Å². The van der Waals surface area contributed by atoms with Crippen molar-refractivity contribution in [1.82, 2.24) is 4.90 Å². The molecule has 154 valence electrons. The molecule has 1 fully saturated rings. The molecule has 7 nitrogen and oxygen atoms in total. The fourth-order valence-electron chi connectivity index (χ4n) is 3.76. The van der Waals surface area contributed by atoms with Crippen molar-refractivity contribution in [2.24, 2.45) is 0 Å². The van der Waals surface area contributed by atoms with E-state index in [-0.39, 0.29) is 16.5 Å². The summed E-state index contributed by atoms with van der Waals surface area (Å²) in [5, 5.41) is 10.8. The van der Waals surface area contributed by atoms with E-state index in [0.717, 1.165) is 31.9 Å². The molecular formula is C22H29N4O3+. The lowest BCUT2D eigenvalue weighted by atomic mass is 10.1. The number of benzene rings is 2. The van der Waals surface area contributed by atoms with Gasteiger partial charge >= 0.3 is 0 Å². The summed E-state index contributed by atoms with van der Waals surface area (Å²) < 4.78 is 0. The SMILES string of the molecule is Cc1ccc(CN(C)C(=O)C[NH+]2CCN(c3ccc([N+](=O)[O-])cc3)CC2)c(C)c1. The van der Waals surface area contributed by atoms with Crippen molar-refractivity contribution in [1.29, 1.82) is 0 Å². The molecule has 0 atom stereocenters. The quantitative estimate of drug-likeness (QED) is 0.593. The van der Waals surface area contributed by atoms with Gasteiger partial charge in [0.15, 0.2) is 6.54 Å². The molecule has 1 aliphatic rings. The summed E-state index contributed by atoms with van der Waals surface area (Å²) in [6, 6.07) is 13.0. The molecule has 0 bridgehead atoms. The van der Waals surface area contributed by atoms with Gasteiger partial charge in [0.05, 0.1) is 31.1 Å². The molecule has 2 aromatic carbocycles. The molecule has 3 rings (SSSR count). The number of carbonyl (C=O) groups excluding carboxylic acids is 1. The minimum Gasteiger partial charge on any atom is -0.360 e. The second-order valence-corrected chi connectivity index (χ2v) is 7.87. The van der Waals surface area contributed by atoms with Gasteiger partial charge in [-0.05, 0) is 37.1 Å². The van der Waals surface area contributed by atoms with Gasteiger partial charge in [-0.3, -0.25) is 14.9 Å². The number of nitrogens with one attached hydrogen (secondary N) is 1. The number of hydrogen-bond donors (Lipinski definition) is 1. The zero-order chi connectivity index (χ0) is 21.0. The highest BCUT2D eigenvalue weighted by Crippen LogP contribution is 2.19. The molecule has 29 heavy (non-hydrogen) atoms. The van der Waals surface area contributed by atoms with Crippen LogP contribution >= 0.6 is 0 Å². The average Bonchev–Trinajstić information content (AvgIpc) is 2.70. The van der Waals surface area contributed by atoms with Crippen LogP contribution in [0.15, 0.2) is 42.5 Å². The molecule has 1 saturated heterocycles. The van der Waals surface area contributed by atoms with Crippen LogP contribution in [-0.2, 0) is 11.3 Å². The molecule has 0 spiro atoms. The summed E-state index contributed by atoms with van der Waals surface area (Å²) in [7, 11) is 1.87. The Morgan fingerprint density at radius 1 is 1.14 bits per heavy atom. The summed E-state index contributed by atoms with van der Waals surface area (Å²) in [6.45, 7) is 8.71. The van der Waals surface area contributed by atoms with Crippen LogP contribution in [0, 0.1) is 24.0 Å². The molecule has 1 N–H and O–H groups in total. The smallest absolute Gasteiger partial charge is 0.277 e. The number of amides is 1. The van der Waals surface area contributed by atoms with Crippen LogP contribution < -0.4 is 9.80 Å². The van der Waals surface area contributed by atoms with Crippen LogP contribution in [0.1, 0.15) is 16.7 Å². The first-order chi connectivity index (χ1) is 13.8. The van der Waals surface area contributed by atoms with Gasteiger partial charge in [0.1, 0.15) is 0 Å². The Bertz CT molecular complexity index is 874. The van der Waals surface area contributed by atoms with E-state index < -0.39 is 0 Å². The molecule has 0 saturated carbocycles. The number of rotatable bonds is 6. The van der Waals surface area contributed by atoms with Crippen molar-refractivity contribution >= 4 is 17.3 Å². The standard InChI is InChI=1S/C22H28N4O3/c1-17-4-5-19(18(2)14-17)15-23(3)22(27)16-24-10-12-25(13-11-24)20-6-8-21(9-7-20)26(28)29/h4-9,14H,10-13,15-16H2,1-3H3/p+1. The van der Waals surface area contributed by atoms with E-state index in [0.29, 0.717) is 13.1 Å². The Hall–Kier alpha value is -2.93. The van der Waals surface area contributed by atoms with Gasteiger partial charge < -0.3 is 14.7 Å². The van der Waals surface area contributed by atoms with Crippen LogP contribution in [0.3, 0.4) is 0 Å². The normalized spacial score (nSPS) is 14.7. The van der Waals surface area contributed by atoms with E-state index in [1.165, 1.54) is 21.6 Å². The lowest BCUT2D eigenvalue weighted by molar-refractivity contribution is -0.892. The lowest BCUT2D eigenvalue weighted by Crippen LogP contribution is -3.15. The van der Waals surface area contributed by atoms with Crippen LogP contribution in [-0.4, -0.2) is 55.5 Å². The van der Waals surface area contributed by atoms with Gasteiger partial charge in [-0.15, -0.1) is 0 Å². The second kappa shape index (κ2) is 9.05. The fraction of sp³-hybridized carbons (Fsp3) is 0.409. The number of aryl methyl sites for hydroxylation is 2. The summed E-state index contributed by atoms with van der Waals surface area (Å²) in [6.07, 6.45) is 0. The van der Waals surface area contributed by atoms with Gasteiger partial charge in [0, 0.05) is 31.4 Å². The lowest BCUT2D eigenvalue weighted by Gasteiger charge is -2.34. The third kappa shape index (κ3) is 5.32. The third-order valence-corrected chi connectivity index (χ3v) is 5.63. The van der Waals surface area contributed by atoms with Gasteiger partial charge in [-0.1, -0.05) is 23.8 Å². The molecule has 0 aromatic heterocycles. The molecule has 1 heterocycles. The maximum Gasteiger partial charge on any atom is 0.277 e. The number of likely N-dealkylation sites (N-methyl/N-ethyl adjacent to an activating group) is 1. The number of non-ortho nitro benzene ring substituents is 1. The van der Waals surface area contributed by atoms with Gasteiger partial charge in [-0.2, -0.15) is 0 Å². The maximum atomic E-state index is 12.7. The Morgan fingerprint density at radius 3 is 2.38 bits per heavy atom. The summed E-state index contributed by atoms with van der Waals surface area (Å²) in [5.41, 5.74) is 4.73. The Labute approximate surface area is 171 Å². The number of piperazine rings is 1. The fourth-order valence-corrected chi connectivity index (χ4v) is 3.76. The highest BCUT2D eigenvalue weighted by Gasteiger charge is 2.24. The Morgan fingerprint density at radius 2 is 1.79 bits per heavy atom. The van der Waals surface area contributed by atoms with E-state index in [1.807, 2.05) is 11.9 Å². The first kappa shape index (κ1) is 20.8. The van der Waals surface area contributed by atoms with E-state index >= 15 is 0 Å². The van der Waals surface area contributed by atoms with E-state index in [4.69, 9.17) is 0 Å². The first-order valence-electron chi connectivity index (χ1n) is 9.96. The van der Waals surface area contributed by atoms with E-state index in [9.17, 15) is 14.9 Å². The molecule has 0 aliphatic carbocycles. The summed E-state index contributed by atoms with van der Waals surface area (Å²) >= 11 is 0. The molecule has 0 unspecified atom stereocenters. The largest absolute Gasteiger partial charge is 0.360 e. The third-order valence-electron chi connectivity index (χ3n) is 5.63. The molecule has 1 amide bonds. The number of nitrogens with zero attached hydrogens (tertiary/aromatic N) is 3. The van der Waals surface area contributed by atoms with Crippen molar-refractivity contribution in [3.63, 3.8) is 0 Å². The van der Waals surface area contributed by atoms with Crippen molar-refractivity contribution < 1.29 is 14.6 Å².